The smallest absolute Gasteiger partial charge is 0.232 e. The summed E-state index contributed by atoms with van der Waals surface area (Å²) in [5.74, 6) is 0.124. The predicted octanol–water partition coefficient (Wildman–Crippen LogP) is 2.11. The summed E-state index contributed by atoms with van der Waals surface area (Å²) < 4.78 is 26.9. The Morgan fingerprint density at radius 1 is 1.35 bits per heavy atom. The number of hydrogen-bond acceptors (Lipinski definition) is 3. The van der Waals surface area contributed by atoms with Crippen LogP contribution in [0.5, 0.6) is 0 Å². The Bertz CT molecular complexity index is 474. The Balaban J connectivity index is 2.66. The van der Waals surface area contributed by atoms with Crippen LogP contribution in [0, 0.1) is 6.92 Å². The highest BCUT2D eigenvalue weighted by Crippen LogP contribution is 2.21. The first-order valence-corrected chi connectivity index (χ1v) is 7.80. The van der Waals surface area contributed by atoms with Crippen LogP contribution in [0.15, 0.2) is 22.7 Å². The Morgan fingerprint density at radius 2 is 2.06 bits per heavy atom. The third kappa shape index (κ3) is 5.06. The van der Waals surface area contributed by atoms with Crippen molar-refractivity contribution in [2.75, 3.05) is 24.1 Å². The molecule has 0 saturated heterocycles. The average Bonchev–Trinajstić information content (AvgIpc) is 2.23. The van der Waals surface area contributed by atoms with E-state index in [0.29, 0.717) is 18.7 Å². The van der Waals surface area contributed by atoms with Crippen LogP contribution in [0.1, 0.15) is 12.0 Å². The molecule has 1 aromatic carbocycles. The van der Waals surface area contributed by atoms with Gasteiger partial charge in [0.05, 0.1) is 5.75 Å². The van der Waals surface area contributed by atoms with Crippen molar-refractivity contribution < 1.29 is 8.42 Å². The van der Waals surface area contributed by atoms with Gasteiger partial charge in [-0.3, -0.25) is 4.72 Å². The third-order valence-electron chi connectivity index (χ3n) is 2.29. The molecule has 6 heteroatoms. The van der Waals surface area contributed by atoms with Crippen molar-refractivity contribution in [3.63, 3.8) is 0 Å². The molecule has 0 amide bonds. The average molecular weight is 321 g/mol. The quantitative estimate of drug-likeness (QED) is 0.789. The number of nitrogens with one attached hydrogen (secondary N) is 2. The van der Waals surface area contributed by atoms with E-state index in [2.05, 4.69) is 26.0 Å². The Morgan fingerprint density at radius 3 is 2.65 bits per heavy atom. The maximum Gasteiger partial charge on any atom is 0.232 e. The molecule has 0 fully saturated rings. The van der Waals surface area contributed by atoms with Gasteiger partial charge in [0.2, 0.25) is 10.0 Å². The molecule has 0 aliphatic heterocycles. The number of hydrogen-bond donors (Lipinski definition) is 2. The fourth-order valence-corrected chi connectivity index (χ4v) is 2.82. The summed E-state index contributed by atoms with van der Waals surface area (Å²) in [7, 11) is -1.44. The van der Waals surface area contributed by atoms with Gasteiger partial charge in [-0.15, -0.1) is 0 Å². The van der Waals surface area contributed by atoms with Crippen molar-refractivity contribution in [2.45, 2.75) is 13.3 Å². The highest BCUT2D eigenvalue weighted by molar-refractivity contribution is 9.10. The lowest BCUT2D eigenvalue weighted by Gasteiger charge is -2.09. The maximum atomic E-state index is 11.7. The molecule has 2 N–H and O–H groups in total. The molecule has 0 bridgehead atoms. The number of halogens is 1. The minimum atomic E-state index is -3.25. The SMILES string of the molecule is CNCCCS(=O)(=O)Nc1ccc(C)c(Br)c1. The van der Waals surface area contributed by atoms with E-state index in [4.69, 9.17) is 0 Å². The van der Waals surface area contributed by atoms with Crippen LogP contribution in [-0.2, 0) is 10.0 Å². The molecule has 0 atom stereocenters. The van der Waals surface area contributed by atoms with E-state index in [1.165, 1.54) is 0 Å². The summed E-state index contributed by atoms with van der Waals surface area (Å²) in [5.41, 5.74) is 1.66. The summed E-state index contributed by atoms with van der Waals surface area (Å²) in [6.45, 7) is 2.65. The molecular weight excluding hydrogens is 304 g/mol. The van der Waals surface area contributed by atoms with E-state index in [0.717, 1.165) is 10.0 Å². The number of rotatable bonds is 6. The largest absolute Gasteiger partial charge is 0.320 e. The molecule has 0 heterocycles. The van der Waals surface area contributed by atoms with E-state index >= 15 is 0 Å². The summed E-state index contributed by atoms with van der Waals surface area (Å²) in [6, 6.07) is 5.40. The molecule has 4 nitrogen and oxygen atoms in total. The van der Waals surface area contributed by atoms with Crippen LogP contribution in [0.2, 0.25) is 0 Å². The zero-order chi connectivity index (χ0) is 12.9. The van der Waals surface area contributed by atoms with Gasteiger partial charge >= 0.3 is 0 Å². The third-order valence-corrected chi connectivity index (χ3v) is 4.51. The molecule has 96 valence electrons. The molecule has 0 unspecified atom stereocenters. The Hall–Kier alpha value is -0.590. The van der Waals surface area contributed by atoms with Crippen molar-refractivity contribution >= 4 is 31.6 Å². The van der Waals surface area contributed by atoms with Gasteiger partial charge < -0.3 is 5.32 Å². The van der Waals surface area contributed by atoms with E-state index in [1.54, 1.807) is 19.2 Å². The van der Waals surface area contributed by atoms with Gasteiger partial charge in [0.25, 0.3) is 0 Å². The second kappa shape index (κ2) is 6.37. The van der Waals surface area contributed by atoms with Crippen LogP contribution in [0.25, 0.3) is 0 Å². The van der Waals surface area contributed by atoms with Crippen molar-refractivity contribution in [2.24, 2.45) is 0 Å². The second-order valence-electron chi connectivity index (χ2n) is 3.84. The normalized spacial score (nSPS) is 11.5. The molecular formula is C11H17BrN2O2S. The highest BCUT2D eigenvalue weighted by Gasteiger charge is 2.10. The zero-order valence-corrected chi connectivity index (χ0v) is 12.4. The van der Waals surface area contributed by atoms with Crippen molar-refractivity contribution in [1.82, 2.24) is 5.32 Å². The molecule has 1 rings (SSSR count). The van der Waals surface area contributed by atoms with Gasteiger partial charge in [0.1, 0.15) is 0 Å². The number of aryl methyl sites for hydroxylation is 1. The summed E-state index contributed by atoms with van der Waals surface area (Å²) in [5, 5.41) is 2.92. The molecule has 17 heavy (non-hydrogen) atoms. The monoisotopic (exact) mass is 320 g/mol. The standard InChI is InChI=1S/C11H17BrN2O2S/c1-9-4-5-10(8-11(9)12)14-17(15,16)7-3-6-13-2/h4-5,8,13-14H,3,6-7H2,1-2H3. The summed E-state index contributed by atoms with van der Waals surface area (Å²) >= 11 is 3.37. The van der Waals surface area contributed by atoms with Gasteiger partial charge in [-0.25, -0.2) is 8.42 Å². The Labute approximate surface area is 111 Å². The minimum Gasteiger partial charge on any atom is -0.320 e. The minimum absolute atomic E-state index is 0.124. The van der Waals surface area contributed by atoms with Crippen LogP contribution < -0.4 is 10.0 Å². The lowest BCUT2D eigenvalue weighted by Crippen LogP contribution is -2.20. The van der Waals surface area contributed by atoms with Crippen molar-refractivity contribution in [3.05, 3.63) is 28.2 Å². The topological polar surface area (TPSA) is 58.2 Å². The van der Waals surface area contributed by atoms with Gasteiger partial charge in [0, 0.05) is 10.2 Å². The lowest BCUT2D eigenvalue weighted by molar-refractivity contribution is 0.597. The molecule has 1 aromatic rings. The van der Waals surface area contributed by atoms with Crippen LogP contribution in [0.3, 0.4) is 0 Å². The summed E-state index contributed by atoms with van der Waals surface area (Å²) in [4.78, 5) is 0. The number of sulfonamides is 1. The molecule has 0 radical (unpaired) electrons. The molecule has 0 spiro atoms. The summed E-state index contributed by atoms with van der Waals surface area (Å²) in [6.07, 6.45) is 0.596. The first-order chi connectivity index (χ1) is 7.94. The first-order valence-electron chi connectivity index (χ1n) is 5.36. The fraction of sp³-hybridized carbons (Fsp3) is 0.455. The van der Waals surface area contributed by atoms with Crippen molar-refractivity contribution in [1.29, 1.82) is 0 Å². The van der Waals surface area contributed by atoms with E-state index in [9.17, 15) is 8.42 Å². The maximum absolute atomic E-state index is 11.7. The van der Waals surface area contributed by atoms with E-state index in [1.807, 2.05) is 13.0 Å². The highest BCUT2D eigenvalue weighted by atomic mass is 79.9. The molecule has 0 aromatic heterocycles. The second-order valence-corrected chi connectivity index (χ2v) is 6.54. The van der Waals surface area contributed by atoms with Crippen LogP contribution in [-0.4, -0.2) is 27.8 Å². The molecule has 0 saturated carbocycles. The number of anilines is 1. The molecule has 0 aliphatic carbocycles. The Kier molecular flexibility index (Phi) is 5.42. The van der Waals surface area contributed by atoms with Gasteiger partial charge in [-0.05, 0) is 44.6 Å². The fourth-order valence-electron chi connectivity index (χ4n) is 1.33. The zero-order valence-electron chi connectivity index (χ0n) is 9.96. The van der Waals surface area contributed by atoms with Gasteiger partial charge in [0.15, 0.2) is 0 Å². The van der Waals surface area contributed by atoms with Crippen LogP contribution >= 0.6 is 15.9 Å². The van der Waals surface area contributed by atoms with E-state index in [-0.39, 0.29) is 5.75 Å². The van der Waals surface area contributed by atoms with E-state index < -0.39 is 10.0 Å². The first kappa shape index (κ1) is 14.5. The van der Waals surface area contributed by atoms with Gasteiger partial charge in [-0.1, -0.05) is 22.0 Å². The lowest BCUT2D eigenvalue weighted by atomic mass is 10.2. The number of benzene rings is 1. The van der Waals surface area contributed by atoms with Crippen LogP contribution in [0.4, 0.5) is 5.69 Å². The molecule has 0 aliphatic rings. The van der Waals surface area contributed by atoms with Gasteiger partial charge in [-0.2, -0.15) is 0 Å². The predicted molar refractivity (Wildman–Crippen MR) is 74.8 cm³/mol. The van der Waals surface area contributed by atoms with Crippen molar-refractivity contribution in [3.8, 4) is 0 Å².